The smallest absolute Gasteiger partial charge is 0.296 e. The molecule has 21 heavy (non-hydrogen) atoms. The first-order chi connectivity index (χ1) is 10.0. The van der Waals surface area contributed by atoms with Crippen LogP contribution in [0.5, 0.6) is 5.75 Å². The van der Waals surface area contributed by atoms with Crippen LogP contribution in [0.1, 0.15) is 25.6 Å². The Labute approximate surface area is 130 Å². The van der Waals surface area contributed by atoms with Crippen molar-refractivity contribution in [3.8, 4) is 5.75 Å². The number of nitrogens with zero attached hydrogens (tertiary/aromatic N) is 1. The van der Waals surface area contributed by atoms with Gasteiger partial charge in [0.15, 0.2) is 4.67 Å². The summed E-state index contributed by atoms with van der Waals surface area (Å²) in [5, 5.41) is 14.3. The molecule has 2 rings (SSSR count). The molecule has 7 heteroatoms. The van der Waals surface area contributed by atoms with E-state index in [9.17, 15) is 10.1 Å². The largest absolute Gasteiger partial charge is 0.494 e. The molecule has 2 aromatic rings. The minimum Gasteiger partial charge on any atom is -0.494 e. The minimum absolute atomic E-state index is 0.0292. The normalized spacial score (nSPS) is 12.0. The monoisotopic (exact) mass is 354 g/mol. The minimum atomic E-state index is -0.435. The average molecular weight is 355 g/mol. The van der Waals surface area contributed by atoms with Gasteiger partial charge in [0.05, 0.1) is 23.6 Å². The van der Waals surface area contributed by atoms with Crippen LogP contribution in [0.25, 0.3) is 0 Å². The van der Waals surface area contributed by atoms with Crippen molar-refractivity contribution >= 4 is 27.3 Å². The fourth-order valence-corrected chi connectivity index (χ4v) is 2.23. The van der Waals surface area contributed by atoms with Gasteiger partial charge in [-0.2, -0.15) is 0 Å². The summed E-state index contributed by atoms with van der Waals surface area (Å²) in [4.78, 5) is 10.7. The third-order valence-corrected chi connectivity index (χ3v) is 3.30. The number of anilines is 1. The molecular weight excluding hydrogens is 340 g/mol. The number of halogens is 1. The second-order valence-electron chi connectivity index (χ2n) is 4.38. The zero-order chi connectivity index (χ0) is 15.4. The first kappa shape index (κ1) is 15.4. The Morgan fingerprint density at radius 2 is 2.19 bits per heavy atom. The molecule has 0 bridgehead atoms. The second kappa shape index (κ2) is 6.62. The molecule has 1 N–H and O–H groups in total. The van der Waals surface area contributed by atoms with Gasteiger partial charge >= 0.3 is 0 Å². The number of furan rings is 1. The molecule has 1 atom stereocenters. The Bertz CT molecular complexity index is 642. The molecule has 0 aliphatic carbocycles. The lowest BCUT2D eigenvalue weighted by Crippen LogP contribution is -2.07. The molecule has 1 aromatic heterocycles. The first-order valence-corrected chi connectivity index (χ1v) is 7.23. The van der Waals surface area contributed by atoms with Crippen molar-refractivity contribution in [2.75, 3.05) is 11.9 Å². The first-order valence-electron chi connectivity index (χ1n) is 6.44. The van der Waals surface area contributed by atoms with Gasteiger partial charge < -0.3 is 14.5 Å². The SMILES string of the molecule is CCOc1ccc(NC(C)c2ccc(Br)o2)c([N+](=O)[O-])c1. The molecule has 0 spiro atoms. The van der Waals surface area contributed by atoms with Gasteiger partial charge in [-0.1, -0.05) is 0 Å². The van der Waals surface area contributed by atoms with Crippen LogP contribution in [-0.2, 0) is 0 Å². The lowest BCUT2D eigenvalue weighted by Gasteiger charge is -2.13. The van der Waals surface area contributed by atoms with E-state index in [1.54, 1.807) is 18.2 Å². The van der Waals surface area contributed by atoms with Crippen LogP contribution < -0.4 is 10.1 Å². The maximum atomic E-state index is 11.2. The summed E-state index contributed by atoms with van der Waals surface area (Å²) < 4.78 is 11.3. The van der Waals surface area contributed by atoms with Crippen molar-refractivity contribution in [1.29, 1.82) is 0 Å². The van der Waals surface area contributed by atoms with E-state index < -0.39 is 4.92 Å². The predicted molar refractivity (Wildman–Crippen MR) is 82.7 cm³/mol. The Morgan fingerprint density at radius 3 is 2.76 bits per heavy atom. The Kier molecular flexibility index (Phi) is 4.85. The van der Waals surface area contributed by atoms with Crippen molar-refractivity contribution in [2.45, 2.75) is 19.9 Å². The van der Waals surface area contributed by atoms with Gasteiger partial charge in [0.25, 0.3) is 5.69 Å². The highest BCUT2D eigenvalue weighted by Crippen LogP contribution is 2.32. The predicted octanol–water partition coefficient (Wildman–Crippen LogP) is 4.52. The van der Waals surface area contributed by atoms with E-state index >= 15 is 0 Å². The molecule has 0 saturated carbocycles. The third kappa shape index (κ3) is 3.75. The highest BCUT2D eigenvalue weighted by Gasteiger charge is 2.18. The molecule has 1 unspecified atom stereocenters. The zero-order valence-electron chi connectivity index (χ0n) is 11.6. The summed E-state index contributed by atoms with van der Waals surface area (Å²) in [6.07, 6.45) is 0. The van der Waals surface area contributed by atoms with E-state index in [4.69, 9.17) is 9.15 Å². The van der Waals surface area contributed by atoms with Gasteiger partial charge in [-0.25, -0.2) is 0 Å². The number of nitro benzene ring substituents is 1. The van der Waals surface area contributed by atoms with Gasteiger partial charge in [0, 0.05) is 0 Å². The fourth-order valence-electron chi connectivity index (χ4n) is 1.91. The maximum Gasteiger partial charge on any atom is 0.296 e. The van der Waals surface area contributed by atoms with E-state index in [0.29, 0.717) is 28.5 Å². The van der Waals surface area contributed by atoms with Crippen molar-refractivity contribution < 1.29 is 14.1 Å². The van der Waals surface area contributed by atoms with Crippen LogP contribution in [0.15, 0.2) is 39.4 Å². The van der Waals surface area contributed by atoms with Crippen LogP contribution in [0.4, 0.5) is 11.4 Å². The van der Waals surface area contributed by atoms with E-state index in [1.165, 1.54) is 6.07 Å². The number of nitro groups is 1. The van der Waals surface area contributed by atoms with Crippen molar-refractivity contribution in [3.05, 3.63) is 50.9 Å². The lowest BCUT2D eigenvalue weighted by atomic mass is 10.2. The van der Waals surface area contributed by atoms with Gasteiger partial charge in [-0.3, -0.25) is 10.1 Å². The third-order valence-electron chi connectivity index (χ3n) is 2.87. The highest BCUT2D eigenvalue weighted by atomic mass is 79.9. The second-order valence-corrected chi connectivity index (χ2v) is 5.16. The van der Waals surface area contributed by atoms with Crippen LogP contribution in [0.3, 0.4) is 0 Å². The molecule has 1 aromatic carbocycles. The molecule has 0 amide bonds. The molecule has 1 heterocycles. The zero-order valence-corrected chi connectivity index (χ0v) is 13.2. The van der Waals surface area contributed by atoms with Gasteiger partial charge in [0.2, 0.25) is 0 Å². The van der Waals surface area contributed by atoms with Crippen LogP contribution in [-0.4, -0.2) is 11.5 Å². The number of benzene rings is 1. The number of rotatable bonds is 6. The van der Waals surface area contributed by atoms with E-state index in [1.807, 2.05) is 19.9 Å². The molecule has 6 nitrogen and oxygen atoms in total. The van der Waals surface area contributed by atoms with Crippen LogP contribution >= 0.6 is 15.9 Å². The van der Waals surface area contributed by atoms with Crippen molar-refractivity contribution in [1.82, 2.24) is 0 Å². The van der Waals surface area contributed by atoms with Crippen LogP contribution in [0.2, 0.25) is 0 Å². The fraction of sp³-hybridized carbons (Fsp3) is 0.286. The number of hydrogen-bond acceptors (Lipinski definition) is 5. The van der Waals surface area contributed by atoms with Crippen LogP contribution in [0, 0.1) is 10.1 Å². The Hall–Kier alpha value is -2.02. The van der Waals surface area contributed by atoms with E-state index in [-0.39, 0.29) is 11.7 Å². The molecule has 0 fully saturated rings. The summed E-state index contributed by atoms with van der Waals surface area (Å²) >= 11 is 3.23. The summed E-state index contributed by atoms with van der Waals surface area (Å²) in [5.74, 6) is 1.16. The Balaban J connectivity index is 2.24. The summed E-state index contributed by atoms with van der Waals surface area (Å²) in [6.45, 7) is 4.15. The van der Waals surface area contributed by atoms with Crippen molar-refractivity contribution in [3.63, 3.8) is 0 Å². The highest BCUT2D eigenvalue weighted by molar-refractivity contribution is 9.10. The van der Waals surface area contributed by atoms with Gasteiger partial charge in [-0.15, -0.1) is 0 Å². The molecular formula is C14H15BrN2O4. The molecule has 0 aliphatic heterocycles. The number of nitrogens with one attached hydrogen (secondary N) is 1. The Morgan fingerprint density at radius 1 is 1.43 bits per heavy atom. The topological polar surface area (TPSA) is 77.5 Å². The van der Waals surface area contributed by atoms with Gasteiger partial charge in [-0.05, 0) is 54.0 Å². The summed E-state index contributed by atoms with van der Waals surface area (Å²) in [7, 11) is 0. The molecule has 112 valence electrons. The summed E-state index contributed by atoms with van der Waals surface area (Å²) in [5.41, 5.74) is 0.391. The number of hydrogen-bond donors (Lipinski definition) is 1. The van der Waals surface area contributed by atoms with Crippen molar-refractivity contribution in [2.24, 2.45) is 0 Å². The van der Waals surface area contributed by atoms with Gasteiger partial charge in [0.1, 0.15) is 17.2 Å². The average Bonchev–Trinajstić information content (AvgIpc) is 2.87. The molecule has 0 radical (unpaired) electrons. The maximum absolute atomic E-state index is 11.2. The quantitative estimate of drug-likeness (QED) is 0.609. The standard InChI is InChI=1S/C14H15BrN2O4/c1-3-20-10-4-5-11(12(8-10)17(18)19)16-9(2)13-6-7-14(15)21-13/h4-9,16H,3H2,1-2H3. The lowest BCUT2D eigenvalue weighted by molar-refractivity contribution is -0.384. The molecule has 0 aliphatic rings. The van der Waals surface area contributed by atoms with E-state index in [0.717, 1.165) is 0 Å². The number of ether oxygens (including phenoxy) is 1. The molecule has 0 saturated heterocycles. The summed E-state index contributed by atoms with van der Waals surface area (Å²) in [6, 6.07) is 8.13. The van der Waals surface area contributed by atoms with E-state index in [2.05, 4.69) is 21.2 Å².